The average Bonchev–Trinajstić information content (AvgIpc) is 3.31. The van der Waals surface area contributed by atoms with Crippen LogP contribution in [0.4, 0.5) is 0 Å². The fraction of sp³-hybridized carbons (Fsp3) is 0.286. The third-order valence-electron chi connectivity index (χ3n) is 7.05. The van der Waals surface area contributed by atoms with Crippen LogP contribution in [0.25, 0.3) is 6.08 Å². The van der Waals surface area contributed by atoms with Crippen molar-refractivity contribution in [2.75, 3.05) is 13.2 Å². The Balaban J connectivity index is 1.62. The van der Waals surface area contributed by atoms with E-state index < -0.39 is 12.0 Å². The van der Waals surface area contributed by atoms with Gasteiger partial charge in [0.2, 0.25) is 0 Å². The number of benzene rings is 3. The van der Waals surface area contributed by atoms with Crippen molar-refractivity contribution >= 4 is 57.6 Å². The molecule has 1 aromatic heterocycles. The maximum absolute atomic E-state index is 14.2. The summed E-state index contributed by atoms with van der Waals surface area (Å²) in [7, 11) is 0. The van der Waals surface area contributed by atoms with Crippen LogP contribution in [0.5, 0.6) is 17.2 Å². The quantitative estimate of drug-likeness (QED) is 0.123. The number of allylic oxidation sites excluding steroid dienone is 1. The average molecular weight is 773 g/mol. The number of carbonyl (C=O) groups excluding carboxylic acids is 1. The molecule has 46 heavy (non-hydrogen) atoms. The minimum Gasteiger partial charge on any atom is -0.491 e. The lowest BCUT2D eigenvalue weighted by atomic mass is 9.95. The van der Waals surface area contributed by atoms with Crippen LogP contribution in [-0.4, -0.2) is 29.9 Å². The number of hydrogen-bond donors (Lipinski definition) is 0. The molecule has 11 heteroatoms. The van der Waals surface area contributed by atoms with E-state index in [9.17, 15) is 9.59 Å². The number of ether oxygens (including phenoxy) is 4. The maximum Gasteiger partial charge on any atom is 0.338 e. The van der Waals surface area contributed by atoms with Crippen molar-refractivity contribution < 1.29 is 23.7 Å². The molecule has 2 heterocycles. The highest BCUT2D eigenvalue weighted by Gasteiger charge is 2.35. The zero-order chi connectivity index (χ0) is 33.0. The number of halogens is 2. The number of para-hydroxylation sites is 1. The first-order chi connectivity index (χ1) is 22.1. The molecule has 0 saturated heterocycles. The maximum atomic E-state index is 14.2. The van der Waals surface area contributed by atoms with Crippen LogP contribution < -0.4 is 29.1 Å². The smallest absolute Gasteiger partial charge is 0.338 e. The monoisotopic (exact) mass is 772 g/mol. The summed E-state index contributed by atoms with van der Waals surface area (Å²) < 4.78 is 26.6. The van der Waals surface area contributed by atoms with Crippen molar-refractivity contribution in [3.05, 3.63) is 117 Å². The number of thiazole rings is 1. The number of rotatable bonds is 11. The van der Waals surface area contributed by atoms with Gasteiger partial charge in [0.25, 0.3) is 5.56 Å². The lowest BCUT2D eigenvalue weighted by molar-refractivity contribution is -0.139. The molecule has 0 aliphatic carbocycles. The fourth-order valence-corrected chi connectivity index (χ4v) is 7.16. The van der Waals surface area contributed by atoms with Crippen LogP contribution in [-0.2, 0) is 16.1 Å². The van der Waals surface area contributed by atoms with Gasteiger partial charge in [0, 0.05) is 16.1 Å². The summed E-state index contributed by atoms with van der Waals surface area (Å²) in [4.78, 5) is 32.7. The molecule has 1 atom stereocenters. The van der Waals surface area contributed by atoms with Crippen molar-refractivity contribution in [2.24, 2.45) is 4.99 Å². The van der Waals surface area contributed by atoms with Crippen LogP contribution in [0.2, 0.25) is 5.02 Å². The molecular formula is C35H34ClIN2O6S. The number of nitrogens with zero attached hydrogens (tertiary/aromatic N) is 2. The normalized spacial score (nSPS) is 14.6. The molecule has 0 fully saturated rings. The molecule has 0 radical (unpaired) electrons. The number of hydrogen-bond acceptors (Lipinski definition) is 8. The van der Waals surface area contributed by atoms with Gasteiger partial charge < -0.3 is 18.9 Å². The molecule has 0 N–H and O–H groups in total. The SMILES string of the molecule is CCOC(=O)C1=C(C)N=c2s/c(=C\c3cc(I)c(OCc4ccccc4Cl)c(OCC)c3)c(=O)n2[C@H]1c1ccccc1OC(C)C. The minimum absolute atomic E-state index is 0.119. The van der Waals surface area contributed by atoms with Gasteiger partial charge in [0.1, 0.15) is 18.4 Å². The standard InChI is InChI=1S/C35H34ClIN2O6S/c1-6-42-28-17-22(16-26(37)32(28)44-19-23-12-8-10-14-25(23)36)18-29-33(40)39-31(24-13-9-11-15-27(24)45-20(3)4)30(34(41)43-7-2)21(5)38-35(39)46-29/h8-18,20,31H,6-7,19H2,1-5H3/b29-18-/t31-/m0/s1. The summed E-state index contributed by atoms with van der Waals surface area (Å²) in [5.41, 5.74) is 2.80. The third-order valence-corrected chi connectivity index (χ3v) is 9.21. The van der Waals surface area contributed by atoms with E-state index in [0.717, 1.165) is 14.7 Å². The van der Waals surface area contributed by atoms with E-state index in [0.29, 0.717) is 55.0 Å². The minimum atomic E-state index is -0.785. The second kappa shape index (κ2) is 14.9. The molecule has 0 bridgehead atoms. The second-order valence-corrected chi connectivity index (χ2v) is 13.2. The van der Waals surface area contributed by atoms with Crippen molar-refractivity contribution in [2.45, 2.75) is 53.4 Å². The molecule has 1 aliphatic rings. The van der Waals surface area contributed by atoms with Crippen LogP contribution in [0, 0.1) is 3.57 Å². The zero-order valence-corrected chi connectivity index (χ0v) is 29.9. The summed E-state index contributed by atoms with van der Waals surface area (Å²) >= 11 is 9.81. The molecule has 3 aromatic carbocycles. The van der Waals surface area contributed by atoms with Gasteiger partial charge in [-0.15, -0.1) is 0 Å². The van der Waals surface area contributed by atoms with Crippen LogP contribution in [0.1, 0.15) is 57.4 Å². The predicted molar refractivity (Wildman–Crippen MR) is 189 cm³/mol. The highest BCUT2D eigenvalue weighted by Crippen LogP contribution is 2.37. The highest BCUT2D eigenvalue weighted by molar-refractivity contribution is 14.1. The zero-order valence-electron chi connectivity index (χ0n) is 26.1. The van der Waals surface area contributed by atoms with Crippen molar-refractivity contribution in [3.63, 3.8) is 0 Å². The molecule has 4 aromatic rings. The first-order valence-corrected chi connectivity index (χ1v) is 17.2. The van der Waals surface area contributed by atoms with Gasteiger partial charge in [-0.25, -0.2) is 9.79 Å². The lowest BCUT2D eigenvalue weighted by Crippen LogP contribution is -2.40. The Labute approximate surface area is 290 Å². The molecule has 240 valence electrons. The van der Waals surface area contributed by atoms with Crippen molar-refractivity contribution in [3.8, 4) is 17.2 Å². The number of aromatic nitrogens is 1. The van der Waals surface area contributed by atoms with Crippen molar-refractivity contribution in [1.29, 1.82) is 0 Å². The van der Waals surface area contributed by atoms with Gasteiger partial charge in [-0.05, 0) is 93.1 Å². The molecule has 0 saturated carbocycles. The summed E-state index contributed by atoms with van der Waals surface area (Å²) in [6.45, 7) is 10.2. The van der Waals surface area contributed by atoms with Gasteiger partial charge in [-0.3, -0.25) is 9.36 Å². The summed E-state index contributed by atoms with van der Waals surface area (Å²) in [6.07, 6.45) is 1.69. The van der Waals surface area contributed by atoms with E-state index in [2.05, 4.69) is 22.6 Å². The summed E-state index contributed by atoms with van der Waals surface area (Å²) in [5, 5.41) is 0.625. The van der Waals surface area contributed by atoms with Gasteiger partial charge in [0.15, 0.2) is 16.3 Å². The molecule has 0 spiro atoms. The highest BCUT2D eigenvalue weighted by atomic mass is 127. The first-order valence-electron chi connectivity index (χ1n) is 14.9. The van der Waals surface area contributed by atoms with Gasteiger partial charge in [-0.1, -0.05) is 59.3 Å². The number of carbonyl (C=O) groups is 1. The Kier molecular flexibility index (Phi) is 10.9. The van der Waals surface area contributed by atoms with Gasteiger partial charge in [0.05, 0.1) is 38.7 Å². The number of esters is 1. The van der Waals surface area contributed by atoms with E-state index in [-0.39, 0.29) is 24.9 Å². The third kappa shape index (κ3) is 7.19. The lowest BCUT2D eigenvalue weighted by Gasteiger charge is -2.26. The van der Waals surface area contributed by atoms with E-state index in [1.54, 1.807) is 18.4 Å². The second-order valence-electron chi connectivity index (χ2n) is 10.6. The Morgan fingerprint density at radius 1 is 1.07 bits per heavy atom. The molecule has 5 rings (SSSR count). The predicted octanol–water partition coefficient (Wildman–Crippen LogP) is 6.82. The van der Waals surface area contributed by atoms with Crippen LogP contribution in [0.3, 0.4) is 0 Å². The number of fused-ring (bicyclic) bond motifs is 1. The summed E-state index contributed by atoms with van der Waals surface area (Å²) in [6, 6.07) is 18.0. The van der Waals surface area contributed by atoms with E-state index in [1.165, 1.54) is 11.3 Å². The Hall–Kier alpha value is -3.61. The fourth-order valence-electron chi connectivity index (χ4n) is 5.14. The largest absolute Gasteiger partial charge is 0.491 e. The molecule has 1 aliphatic heterocycles. The first kappa shape index (κ1) is 33.7. The molecular weight excluding hydrogens is 739 g/mol. The van der Waals surface area contributed by atoms with Gasteiger partial charge in [-0.2, -0.15) is 0 Å². The van der Waals surface area contributed by atoms with Gasteiger partial charge >= 0.3 is 5.97 Å². The van der Waals surface area contributed by atoms with E-state index in [1.807, 2.05) is 87.5 Å². The van der Waals surface area contributed by atoms with Crippen molar-refractivity contribution in [1.82, 2.24) is 4.57 Å². The Morgan fingerprint density at radius 2 is 1.80 bits per heavy atom. The molecule has 8 nitrogen and oxygen atoms in total. The topological polar surface area (TPSA) is 88.4 Å². The molecule has 0 amide bonds. The summed E-state index contributed by atoms with van der Waals surface area (Å²) in [5.74, 6) is 1.21. The van der Waals surface area contributed by atoms with E-state index in [4.69, 9.17) is 35.5 Å². The van der Waals surface area contributed by atoms with Crippen LogP contribution in [0.15, 0.2) is 81.7 Å². The molecule has 0 unspecified atom stereocenters. The van der Waals surface area contributed by atoms with Crippen LogP contribution >= 0.6 is 45.5 Å². The Bertz CT molecular complexity index is 1980. The Morgan fingerprint density at radius 3 is 2.52 bits per heavy atom. The van der Waals surface area contributed by atoms with E-state index >= 15 is 0 Å².